The van der Waals surface area contributed by atoms with Gasteiger partial charge in [-0.25, -0.2) is 4.39 Å². The number of aliphatic hydroxyl groups excluding tert-OH is 1. The standard InChI is InChI=1S/C12H16FNO3/c1-14-7-9(15)11-8(13)3-4-10-12(11)17-6-2-5-16-10/h3-4,9,14-15H,2,5-7H2,1H3. The molecule has 2 rings (SSSR count). The van der Waals surface area contributed by atoms with Crippen molar-refractivity contribution in [3.05, 3.63) is 23.5 Å². The van der Waals surface area contributed by atoms with Gasteiger partial charge in [0.05, 0.1) is 24.9 Å². The second-order valence-electron chi connectivity index (χ2n) is 3.91. The summed E-state index contributed by atoms with van der Waals surface area (Å²) in [5.41, 5.74) is 0.166. The Morgan fingerprint density at radius 3 is 2.94 bits per heavy atom. The van der Waals surface area contributed by atoms with Crippen LogP contribution in [0.1, 0.15) is 18.1 Å². The molecule has 4 nitrogen and oxygen atoms in total. The van der Waals surface area contributed by atoms with Crippen molar-refractivity contribution in [1.29, 1.82) is 0 Å². The van der Waals surface area contributed by atoms with Gasteiger partial charge in [0.1, 0.15) is 5.82 Å². The van der Waals surface area contributed by atoms with E-state index in [1.54, 1.807) is 7.05 Å². The highest BCUT2D eigenvalue weighted by molar-refractivity contribution is 5.49. The van der Waals surface area contributed by atoms with Crippen molar-refractivity contribution >= 4 is 0 Å². The number of halogens is 1. The molecule has 1 heterocycles. The lowest BCUT2D eigenvalue weighted by molar-refractivity contribution is 0.166. The third-order valence-electron chi connectivity index (χ3n) is 2.63. The summed E-state index contributed by atoms with van der Waals surface area (Å²) in [6.07, 6.45) is -0.200. The summed E-state index contributed by atoms with van der Waals surface area (Å²) in [7, 11) is 1.69. The first-order chi connectivity index (χ1) is 8.24. The lowest BCUT2D eigenvalue weighted by atomic mass is 10.1. The Hall–Kier alpha value is -1.33. The summed E-state index contributed by atoms with van der Waals surface area (Å²) < 4.78 is 24.7. The van der Waals surface area contributed by atoms with E-state index in [4.69, 9.17) is 9.47 Å². The lowest BCUT2D eigenvalue weighted by Gasteiger charge is -2.17. The van der Waals surface area contributed by atoms with Crippen LogP contribution >= 0.6 is 0 Å². The molecule has 5 heteroatoms. The van der Waals surface area contributed by atoms with E-state index in [1.165, 1.54) is 12.1 Å². The highest BCUT2D eigenvalue weighted by Gasteiger charge is 2.23. The summed E-state index contributed by atoms with van der Waals surface area (Å²) >= 11 is 0. The Bertz CT molecular complexity index is 398. The van der Waals surface area contributed by atoms with E-state index in [1.807, 2.05) is 0 Å². The summed E-state index contributed by atoms with van der Waals surface area (Å²) in [5.74, 6) is 0.344. The number of nitrogens with one attached hydrogen (secondary N) is 1. The van der Waals surface area contributed by atoms with Crippen molar-refractivity contribution < 1.29 is 19.0 Å². The molecule has 1 aromatic carbocycles. The summed E-state index contributed by atoms with van der Waals surface area (Å²) in [5, 5.41) is 12.7. The van der Waals surface area contributed by atoms with E-state index in [9.17, 15) is 9.50 Å². The molecule has 94 valence electrons. The minimum absolute atomic E-state index is 0.166. The summed E-state index contributed by atoms with van der Waals surface area (Å²) in [4.78, 5) is 0. The van der Waals surface area contributed by atoms with Gasteiger partial charge in [0.25, 0.3) is 0 Å². The van der Waals surface area contributed by atoms with E-state index >= 15 is 0 Å². The first-order valence-electron chi connectivity index (χ1n) is 5.64. The average molecular weight is 241 g/mol. The maximum absolute atomic E-state index is 13.8. The average Bonchev–Trinajstić information content (AvgIpc) is 2.54. The van der Waals surface area contributed by atoms with Crippen LogP contribution < -0.4 is 14.8 Å². The summed E-state index contributed by atoms with van der Waals surface area (Å²) in [6.45, 7) is 1.27. The van der Waals surface area contributed by atoms with Gasteiger partial charge >= 0.3 is 0 Å². The molecule has 0 saturated carbocycles. The van der Waals surface area contributed by atoms with Gasteiger partial charge in [-0.05, 0) is 19.2 Å². The largest absolute Gasteiger partial charge is 0.490 e. The van der Waals surface area contributed by atoms with Gasteiger partial charge < -0.3 is 19.9 Å². The molecule has 17 heavy (non-hydrogen) atoms. The molecule has 1 unspecified atom stereocenters. The van der Waals surface area contributed by atoms with Gasteiger partial charge in [-0.15, -0.1) is 0 Å². The fourth-order valence-corrected chi connectivity index (χ4v) is 1.84. The van der Waals surface area contributed by atoms with Gasteiger partial charge in [0, 0.05) is 13.0 Å². The zero-order valence-corrected chi connectivity index (χ0v) is 9.70. The SMILES string of the molecule is CNCC(O)c1c(F)ccc2c1OCCCO2. The van der Waals surface area contributed by atoms with Crippen LogP contribution in [0.2, 0.25) is 0 Å². The minimum atomic E-state index is -0.948. The molecular formula is C12H16FNO3. The van der Waals surface area contributed by atoms with Gasteiger partial charge in [-0.1, -0.05) is 0 Å². The number of benzene rings is 1. The molecule has 0 radical (unpaired) electrons. The molecule has 1 aliphatic rings. The Kier molecular flexibility index (Phi) is 3.81. The van der Waals surface area contributed by atoms with Crippen molar-refractivity contribution in [2.24, 2.45) is 0 Å². The molecule has 2 N–H and O–H groups in total. The molecule has 0 saturated heterocycles. The van der Waals surface area contributed by atoms with Crippen molar-refractivity contribution in [3.63, 3.8) is 0 Å². The van der Waals surface area contributed by atoms with Gasteiger partial charge in [0.2, 0.25) is 0 Å². The Morgan fingerprint density at radius 1 is 1.41 bits per heavy atom. The Balaban J connectivity index is 2.41. The molecule has 0 fully saturated rings. The highest BCUT2D eigenvalue weighted by Crippen LogP contribution is 2.38. The van der Waals surface area contributed by atoms with Crippen molar-refractivity contribution in [2.75, 3.05) is 26.8 Å². The maximum Gasteiger partial charge on any atom is 0.169 e. The third kappa shape index (κ3) is 2.50. The number of aliphatic hydroxyl groups is 1. The minimum Gasteiger partial charge on any atom is -0.490 e. The second kappa shape index (κ2) is 5.33. The molecular weight excluding hydrogens is 225 g/mol. The lowest BCUT2D eigenvalue weighted by Crippen LogP contribution is -2.18. The van der Waals surface area contributed by atoms with Crippen molar-refractivity contribution in [3.8, 4) is 11.5 Å². The Labute approximate surface area is 99.4 Å². The highest BCUT2D eigenvalue weighted by atomic mass is 19.1. The van der Waals surface area contributed by atoms with E-state index < -0.39 is 11.9 Å². The van der Waals surface area contributed by atoms with Crippen LogP contribution in [0.4, 0.5) is 4.39 Å². The quantitative estimate of drug-likeness (QED) is 0.836. The third-order valence-corrected chi connectivity index (χ3v) is 2.63. The molecule has 1 aliphatic heterocycles. The number of fused-ring (bicyclic) bond motifs is 1. The zero-order valence-electron chi connectivity index (χ0n) is 9.70. The molecule has 0 aromatic heterocycles. The number of hydrogen-bond acceptors (Lipinski definition) is 4. The molecule has 0 bridgehead atoms. The zero-order chi connectivity index (χ0) is 12.3. The van der Waals surface area contributed by atoms with Gasteiger partial charge in [-0.3, -0.25) is 0 Å². The first-order valence-corrected chi connectivity index (χ1v) is 5.64. The van der Waals surface area contributed by atoms with E-state index in [2.05, 4.69) is 5.32 Å². The summed E-state index contributed by atoms with van der Waals surface area (Å²) in [6, 6.07) is 2.83. The molecule has 1 aromatic rings. The van der Waals surface area contributed by atoms with E-state index in [0.717, 1.165) is 6.42 Å². The van der Waals surface area contributed by atoms with Gasteiger partial charge in [-0.2, -0.15) is 0 Å². The van der Waals surface area contributed by atoms with Crippen LogP contribution in [0.5, 0.6) is 11.5 Å². The molecule has 0 aliphatic carbocycles. The molecule has 0 amide bonds. The number of hydrogen-bond donors (Lipinski definition) is 2. The number of rotatable bonds is 3. The fourth-order valence-electron chi connectivity index (χ4n) is 1.84. The molecule has 0 spiro atoms. The van der Waals surface area contributed by atoms with Crippen LogP contribution in [-0.2, 0) is 0 Å². The fraction of sp³-hybridized carbons (Fsp3) is 0.500. The number of likely N-dealkylation sites (N-methyl/N-ethyl adjacent to an activating group) is 1. The van der Waals surface area contributed by atoms with Crippen LogP contribution in [0, 0.1) is 5.82 Å². The van der Waals surface area contributed by atoms with Gasteiger partial charge in [0.15, 0.2) is 11.5 Å². The number of ether oxygens (including phenoxy) is 2. The smallest absolute Gasteiger partial charge is 0.169 e. The second-order valence-corrected chi connectivity index (χ2v) is 3.91. The predicted molar refractivity (Wildman–Crippen MR) is 60.9 cm³/mol. The van der Waals surface area contributed by atoms with E-state index in [0.29, 0.717) is 24.7 Å². The monoisotopic (exact) mass is 241 g/mol. The normalized spacial score (nSPS) is 16.4. The predicted octanol–water partition coefficient (Wildman–Crippen LogP) is 1.24. The maximum atomic E-state index is 13.8. The Morgan fingerprint density at radius 2 is 2.18 bits per heavy atom. The topological polar surface area (TPSA) is 50.7 Å². The van der Waals surface area contributed by atoms with Crippen LogP contribution in [0.25, 0.3) is 0 Å². The van der Waals surface area contributed by atoms with Crippen molar-refractivity contribution in [2.45, 2.75) is 12.5 Å². The first kappa shape index (κ1) is 12.1. The van der Waals surface area contributed by atoms with Crippen LogP contribution in [-0.4, -0.2) is 31.9 Å². The van der Waals surface area contributed by atoms with Crippen LogP contribution in [0.3, 0.4) is 0 Å². The van der Waals surface area contributed by atoms with Crippen LogP contribution in [0.15, 0.2) is 12.1 Å². The van der Waals surface area contributed by atoms with E-state index in [-0.39, 0.29) is 12.1 Å². The molecule has 1 atom stereocenters. The van der Waals surface area contributed by atoms with Crippen molar-refractivity contribution in [1.82, 2.24) is 5.32 Å².